The third-order valence-electron chi connectivity index (χ3n) is 2.70. The molecule has 4 nitrogen and oxygen atoms in total. The van der Waals surface area contributed by atoms with Crippen molar-refractivity contribution in [2.45, 2.75) is 10.9 Å². The number of nitrogens with zero attached hydrogens (tertiary/aromatic N) is 2. The van der Waals surface area contributed by atoms with Gasteiger partial charge in [-0.25, -0.2) is 4.98 Å². The van der Waals surface area contributed by atoms with Gasteiger partial charge in [0.25, 0.3) is 0 Å². The lowest BCUT2D eigenvalue weighted by Crippen LogP contribution is -1.90. The van der Waals surface area contributed by atoms with Crippen molar-refractivity contribution >= 4 is 11.8 Å². The van der Waals surface area contributed by atoms with E-state index in [1.807, 2.05) is 48.5 Å². The summed E-state index contributed by atoms with van der Waals surface area (Å²) >= 11 is 1.60. The van der Waals surface area contributed by atoms with Crippen molar-refractivity contribution in [3.8, 4) is 11.5 Å². The van der Waals surface area contributed by atoms with Crippen LogP contribution in [0.4, 0.5) is 0 Å². The first-order valence-corrected chi connectivity index (χ1v) is 7.19. The van der Waals surface area contributed by atoms with Gasteiger partial charge in [0.1, 0.15) is 17.8 Å². The highest BCUT2D eigenvalue weighted by molar-refractivity contribution is 7.98. The van der Waals surface area contributed by atoms with Crippen molar-refractivity contribution in [1.82, 2.24) is 15.2 Å². The first-order chi connectivity index (χ1) is 9.92. The fourth-order valence-electron chi connectivity index (χ4n) is 1.75. The summed E-state index contributed by atoms with van der Waals surface area (Å²) in [7, 11) is 0. The lowest BCUT2D eigenvalue weighted by Gasteiger charge is -2.10. The van der Waals surface area contributed by atoms with E-state index in [1.54, 1.807) is 11.8 Å². The zero-order valence-corrected chi connectivity index (χ0v) is 11.5. The van der Waals surface area contributed by atoms with Crippen molar-refractivity contribution in [3.05, 3.63) is 66.5 Å². The van der Waals surface area contributed by atoms with Crippen LogP contribution in [0.1, 0.15) is 5.56 Å². The Morgan fingerprint density at radius 1 is 1.00 bits per heavy atom. The van der Waals surface area contributed by atoms with Gasteiger partial charge in [-0.1, -0.05) is 48.2 Å². The molecular weight excluding hydrogens is 270 g/mol. The lowest BCUT2D eigenvalue weighted by atomic mass is 10.2. The highest BCUT2D eigenvalue weighted by Crippen LogP contribution is 2.29. The van der Waals surface area contributed by atoms with Crippen molar-refractivity contribution in [2.24, 2.45) is 0 Å². The van der Waals surface area contributed by atoms with E-state index in [0.717, 1.165) is 28.0 Å². The second-order valence-corrected chi connectivity index (χ2v) is 5.07. The number of aromatic nitrogens is 3. The van der Waals surface area contributed by atoms with Crippen LogP contribution in [0.5, 0.6) is 11.5 Å². The predicted molar refractivity (Wildman–Crippen MR) is 78.9 cm³/mol. The maximum absolute atomic E-state index is 5.92. The van der Waals surface area contributed by atoms with E-state index in [2.05, 4.69) is 21.2 Å². The molecular formula is C15H13N3OS. The molecule has 3 aromatic rings. The van der Waals surface area contributed by atoms with E-state index in [4.69, 9.17) is 4.74 Å². The zero-order chi connectivity index (χ0) is 13.6. The van der Waals surface area contributed by atoms with Gasteiger partial charge in [-0.15, -0.1) is 0 Å². The Hall–Kier alpha value is -2.27. The fraction of sp³-hybridized carbons (Fsp3) is 0.0667. The van der Waals surface area contributed by atoms with Crippen LogP contribution >= 0.6 is 11.8 Å². The number of hydrogen-bond acceptors (Lipinski definition) is 4. The molecule has 2 aromatic carbocycles. The molecule has 0 aliphatic heterocycles. The van der Waals surface area contributed by atoms with Gasteiger partial charge in [0.2, 0.25) is 0 Å². The fourth-order valence-corrected chi connectivity index (χ4v) is 2.52. The largest absolute Gasteiger partial charge is 0.457 e. The van der Waals surface area contributed by atoms with Crippen molar-refractivity contribution in [2.75, 3.05) is 0 Å². The summed E-state index contributed by atoms with van der Waals surface area (Å²) in [6.45, 7) is 0. The maximum Gasteiger partial charge on any atom is 0.183 e. The molecule has 0 fully saturated rings. The maximum atomic E-state index is 5.92. The minimum absolute atomic E-state index is 0.776. The third kappa shape index (κ3) is 3.19. The molecule has 0 saturated heterocycles. The molecule has 0 atom stereocenters. The first kappa shape index (κ1) is 12.7. The van der Waals surface area contributed by atoms with E-state index >= 15 is 0 Å². The number of rotatable bonds is 5. The van der Waals surface area contributed by atoms with Crippen molar-refractivity contribution in [3.63, 3.8) is 0 Å². The third-order valence-corrected chi connectivity index (χ3v) is 3.63. The van der Waals surface area contributed by atoms with E-state index in [9.17, 15) is 0 Å². The van der Waals surface area contributed by atoms with E-state index < -0.39 is 0 Å². The van der Waals surface area contributed by atoms with Gasteiger partial charge >= 0.3 is 0 Å². The monoisotopic (exact) mass is 283 g/mol. The Bertz CT molecular complexity index is 656. The standard InChI is InChI=1S/C15H13N3OS/c1-2-7-13(8-3-1)19-14-9-5-4-6-12(14)10-20-15-16-11-17-18-15/h1-9,11H,10H2,(H,16,17,18). The number of para-hydroxylation sites is 2. The minimum atomic E-state index is 0.776. The van der Waals surface area contributed by atoms with Gasteiger partial charge in [0.05, 0.1) is 0 Å². The van der Waals surface area contributed by atoms with Gasteiger partial charge in [0, 0.05) is 11.3 Å². The van der Waals surface area contributed by atoms with Crippen LogP contribution in [-0.4, -0.2) is 15.2 Å². The highest BCUT2D eigenvalue weighted by atomic mass is 32.2. The molecule has 0 amide bonds. The Morgan fingerprint density at radius 2 is 1.80 bits per heavy atom. The molecule has 0 aliphatic carbocycles. The molecule has 0 spiro atoms. The highest BCUT2D eigenvalue weighted by Gasteiger charge is 2.06. The number of H-pyrrole nitrogens is 1. The average Bonchev–Trinajstić information content (AvgIpc) is 3.01. The summed E-state index contributed by atoms with van der Waals surface area (Å²) in [5.74, 6) is 2.48. The Balaban J connectivity index is 1.74. The van der Waals surface area contributed by atoms with Crippen LogP contribution < -0.4 is 4.74 Å². The summed E-state index contributed by atoms with van der Waals surface area (Å²) in [4.78, 5) is 4.10. The molecule has 20 heavy (non-hydrogen) atoms. The number of thioether (sulfide) groups is 1. The summed E-state index contributed by atoms with van der Waals surface area (Å²) in [5.41, 5.74) is 1.12. The smallest absolute Gasteiger partial charge is 0.183 e. The van der Waals surface area contributed by atoms with Crippen LogP contribution in [0.3, 0.4) is 0 Å². The van der Waals surface area contributed by atoms with Gasteiger partial charge in [0.15, 0.2) is 5.16 Å². The predicted octanol–water partition coefficient (Wildman–Crippen LogP) is 3.89. The zero-order valence-electron chi connectivity index (χ0n) is 10.7. The summed E-state index contributed by atoms with van der Waals surface area (Å²) in [6.07, 6.45) is 1.51. The number of nitrogens with one attached hydrogen (secondary N) is 1. The van der Waals surface area contributed by atoms with Gasteiger partial charge in [-0.05, 0) is 18.2 Å². The normalized spacial score (nSPS) is 10.4. The molecule has 1 aromatic heterocycles. The summed E-state index contributed by atoms with van der Waals surface area (Å²) in [6, 6.07) is 17.8. The second-order valence-electron chi connectivity index (χ2n) is 4.10. The SMILES string of the molecule is c1ccc(Oc2ccccc2CSc2ncn[nH]2)cc1. The van der Waals surface area contributed by atoms with E-state index in [-0.39, 0.29) is 0 Å². The molecule has 1 N–H and O–H groups in total. The van der Waals surface area contributed by atoms with Crippen LogP contribution in [0.15, 0.2) is 66.1 Å². The first-order valence-electron chi connectivity index (χ1n) is 6.21. The molecule has 0 radical (unpaired) electrons. The minimum Gasteiger partial charge on any atom is -0.457 e. The molecule has 3 rings (SSSR count). The van der Waals surface area contributed by atoms with Gasteiger partial charge in [-0.2, -0.15) is 5.10 Å². The van der Waals surface area contributed by atoms with Crippen molar-refractivity contribution < 1.29 is 4.74 Å². The lowest BCUT2D eigenvalue weighted by molar-refractivity contribution is 0.478. The number of aromatic amines is 1. The topological polar surface area (TPSA) is 50.8 Å². The Morgan fingerprint density at radius 3 is 2.60 bits per heavy atom. The van der Waals surface area contributed by atoms with Crippen LogP contribution in [0.25, 0.3) is 0 Å². The number of hydrogen-bond donors (Lipinski definition) is 1. The molecule has 0 bridgehead atoms. The second kappa shape index (κ2) is 6.25. The summed E-state index contributed by atoms with van der Waals surface area (Å²) < 4.78 is 5.92. The number of benzene rings is 2. The van der Waals surface area contributed by atoms with Crippen LogP contribution in [0, 0.1) is 0 Å². The van der Waals surface area contributed by atoms with Crippen LogP contribution in [0.2, 0.25) is 0 Å². The quantitative estimate of drug-likeness (QED) is 0.722. The molecule has 0 unspecified atom stereocenters. The number of ether oxygens (including phenoxy) is 1. The molecule has 100 valence electrons. The van der Waals surface area contributed by atoms with Gasteiger partial charge < -0.3 is 4.74 Å². The Labute approximate surface area is 121 Å². The summed E-state index contributed by atoms with van der Waals surface area (Å²) in [5, 5.41) is 7.48. The molecule has 1 heterocycles. The van der Waals surface area contributed by atoms with Gasteiger partial charge in [-0.3, -0.25) is 5.10 Å². The molecule has 5 heteroatoms. The van der Waals surface area contributed by atoms with Crippen LogP contribution in [-0.2, 0) is 5.75 Å². The molecule has 0 aliphatic rings. The average molecular weight is 283 g/mol. The molecule has 0 saturated carbocycles. The van der Waals surface area contributed by atoms with Crippen molar-refractivity contribution in [1.29, 1.82) is 0 Å². The van der Waals surface area contributed by atoms with E-state index in [0.29, 0.717) is 0 Å². The Kier molecular flexibility index (Phi) is 3.99. The van der Waals surface area contributed by atoms with E-state index in [1.165, 1.54) is 6.33 Å².